The number of methoxy groups -OCH3 is 1. The summed E-state index contributed by atoms with van der Waals surface area (Å²) in [5, 5.41) is 0. The lowest BCUT2D eigenvalue weighted by Crippen LogP contribution is -2.16. The Morgan fingerprint density at radius 3 is 3.00 bits per heavy atom. The predicted octanol–water partition coefficient (Wildman–Crippen LogP) is 3.82. The van der Waals surface area contributed by atoms with E-state index in [4.69, 9.17) is 4.74 Å². The molecule has 1 fully saturated rings. The Hall–Kier alpha value is -0.720. The van der Waals surface area contributed by atoms with Gasteiger partial charge in [0, 0.05) is 6.42 Å². The van der Waals surface area contributed by atoms with Gasteiger partial charge < -0.3 is 4.74 Å². The van der Waals surface area contributed by atoms with Gasteiger partial charge in [0.2, 0.25) is 0 Å². The maximum absolute atomic E-state index is 5.41. The highest BCUT2D eigenvalue weighted by Gasteiger charge is 2.36. The number of allylic oxidation sites excluding steroid dienone is 3. The van der Waals surface area contributed by atoms with Gasteiger partial charge in [-0.2, -0.15) is 0 Å². The Balaban J connectivity index is 1.80. The van der Waals surface area contributed by atoms with Crippen LogP contribution in [-0.2, 0) is 4.74 Å². The lowest BCUT2D eigenvalue weighted by molar-refractivity contribution is 0.264. The van der Waals surface area contributed by atoms with Crippen molar-refractivity contribution in [3.8, 4) is 0 Å². The van der Waals surface area contributed by atoms with Crippen molar-refractivity contribution < 1.29 is 4.74 Å². The van der Waals surface area contributed by atoms with Gasteiger partial charge >= 0.3 is 0 Å². The first-order valence-corrected chi connectivity index (χ1v) is 6.32. The molecule has 0 saturated heterocycles. The molecule has 2 atom stereocenters. The van der Waals surface area contributed by atoms with Crippen LogP contribution in [0.1, 0.15) is 44.9 Å². The number of hydrogen-bond donors (Lipinski definition) is 0. The fraction of sp³-hybridized carbons (Fsp3) is 0.714. The van der Waals surface area contributed by atoms with Gasteiger partial charge in [-0.15, -0.1) is 0 Å². The van der Waals surface area contributed by atoms with E-state index >= 15 is 0 Å². The highest BCUT2D eigenvalue weighted by atomic mass is 16.5. The monoisotopic (exact) mass is 204 g/mol. The molecule has 0 radical (unpaired) electrons. The highest BCUT2D eigenvalue weighted by molar-refractivity contribution is 5.34. The van der Waals surface area contributed by atoms with E-state index in [9.17, 15) is 0 Å². The standard InChI is InChI=1S/C14H20O/c1-15-12-7-6-11-8-10-4-2-3-5-13(10)14(11)9-12/h7,10,13H,2-6,8-9H2,1H3/t10-,13-/m1/s1. The van der Waals surface area contributed by atoms with Crippen LogP contribution < -0.4 is 0 Å². The molecule has 3 rings (SSSR count). The Bertz CT molecular complexity index is 324. The van der Waals surface area contributed by atoms with Crippen LogP contribution in [0, 0.1) is 11.8 Å². The SMILES string of the molecule is COC1=CCC2=C(C1)[C@@H]1CCCC[C@@H]1C2. The minimum Gasteiger partial charge on any atom is -0.501 e. The van der Waals surface area contributed by atoms with Crippen molar-refractivity contribution in [1.29, 1.82) is 0 Å². The molecule has 0 aromatic heterocycles. The topological polar surface area (TPSA) is 9.23 Å². The maximum Gasteiger partial charge on any atom is 0.0959 e. The first-order chi connectivity index (χ1) is 7.38. The molecule has 0 aromatic rings. The van der Waals surface area contributed by atoms with E-state index < -0.39 is 0 Å². The molecule has 1 nitrogen and oxygen atoms in total. The molecule has 0 aromatic carbocycles. The van der Waals surface area contributed by atoms with Crippen LogP contribution in [0.5, 0.6) is 0 Å². The Morgan fingerprint density at radius 1 is 1.27 bits per heavy atom. The molecule has 0 bridgehead atoms. The molecular weight excluding hydrogens is 184 g/mol. The lowest BCUT2D eigenvalue weighted by Gasteiger charge is -2.28. The smallest absolute Gasteiger partial charge is 0.0959 e. The molecule has 3 aliphatic carbocycles. The van der Waals surface area contributed by atoms with E-state index in [0.29, 0.717) is 0 Å². The quantitative estimate of drug-likeness (QED) is 0.590. The van der Waals surface area contributed by atoms with Gasteiger partial charge in [-0.3, -0.25) is 0 Å². The van der Waals surface area contributed by atoms with Crippen molar-refractivity contribution in [3.63, 3.8) is 0 Å². The van der Waals surface area contributed by atoms with Gasteiger partial charge in [-0.1, -0.05) is 24.0 Å². The second-order valence-corrected chi connectivity index (χ2v) is 5.24. The predicted molar refractivity (Wildman–Crippen MR) is 61.4 cm³/mol. The van der Waals surface area contributed by atoms with Crippen LogP contribution in [0.3, 0.4) is 0 Å². The Labute approximate surface area is 92.2 Å². The summed E-state index contributed by atoms with van der Waals surface area (Å²) in [5.74, 6) is 3.13. The molecule has 0 spiro atoms. The molecule has 15 heavy (non-hydrogen) atoms. The summed E-state index contributed by atoms with van der Waals surface area (Å²) in [4.78, 5) is 0. The van der Waals surface area contributed by atoms with Gasteiger partial charge in [0.05, 0.1) is 12.9 Å². The molecule has 0 N–H and O–H groups in total. The fourth-order valence-electron chi connectivity index (χ4n) is 3.74. The third-order valence-electron chi connectivity index (χ3n) is 4.52. The van der Waals surface area contributed by atoms with Crippen molar-refractivity contribution in [1.82, 2.24) is 0 Å². The van der Waals surface area contributed by atoms with Crippen LogP contribution >= 0.6 is 0 Å². The minimum absolute atomic E-state index is 0.924. The molecule has 1 saturated carbocycles. The van der Waals surface area contributed by atoms with Gasteiger partial charge in [0.1, 0.15) is 0 Å². The molecule has 1 heteroatoms. The van der Waals surface area contributed by atoms with E-state index in [0.717, 1.165) is 18.3 Å². The van der Waals surface area contributed by atoms with Crippen molar-refractivity contribution >= 4 is 0 Å². The zero-order valence-electron chi connectivity index (χ0n) is 9.59. The van der Waals surface area contributed by atoms with E-state index in [2.05, 4.69) is 6.08 Å². The number of rotatable bonds is 1. The van der Waals surface area contributed by atoms with E-state index in [1.807, 2.05) is 7.11 Å². The first-order valence-electron chi connectivity index (χ1n) is 6.32. The molecule has 82 valence electrons. The Morgan fingerprint density at radius 2 is 2.13 bits per heavy atom. The summed E-state index contributed by atoms with van der Waals surface area (Å²) in [6.07, 6.45) is 11.8. The van der Waals surface area contributed by atoms with Crippen LogP contribution in [0.4, 0.5) is 0 Å². The zero-order valence-corrected chi connectivity index (χ0v) is 9.59. The fourth-order valence-corrected chi connectivity index (χ4v) is 3.74. The molecular formula is C14H20O. The van der Waals surface area contributed by atoms with Crippen LogP contribution in [-0.4, -0.2) is 7.11 Å². The third-order valence-corrected chi connectivity index (χ3v) is 4.52. The maximum atomic E-state index is 5.41. The number of hydrogen-bond acceptors (Lipinski definition) is 1. The summed E-state index contributed by atoms with van der Waals surface area (Å²) in [6.45, 7) is 0. The largest absolute Gasteiger partial charge is 0.501 e. The van der Waals surface area contributed by atoms with Crippen LogP contribution in [0.25, 0.3) is 0 Å². The van der Waals surface area contributed by atoms with Crippen molar-refractivity contribution in [2.45, 2.75) is 44.9 Å². The molecule has 0 amide bonds. The van der Waals surface area contributed by atoms with Gasteiger partial charge in [-0.05, 0) is 43.6 Å². The van der Waals surface area contributed by atoms with Gasteiger partial charge in [0.15, 0.2) is 0 Å². The van der Waals surface area contributed by atoms with E-state index in [1.54, 1.807) is 11.1 Å². The summed E-state index contributed by atoms with van der Waals surface area (Å²) in [5.41, 5.74) is 3.52. The second kappa shape index (κ2) is 3.70. The normalized spacial score (nSPS) is 34.6. The summed E-state index contributed by atoms with van der Waals surface area (Å²) >= 11 is 0. The van der Waals surface area contributed by atoms with Crippen molar-refractivity contribution in [3.05, 3.63) is 23.0 Å². The first kappa shape index (κ1) is 9.50. The zero-order chi connectivity index (χ0) is 10.3. The molecule has 3 aliphatic rings. The van der Waals surface area contributed by atoms with E-state index in [-0.39, 0.29) is 0 Å². The molecule has 0 heterocycles. The molecule has 0 aliphatic heterocycles. The van der Waals surface area contributed by atoms with E-state index in [1.165, 1.54) is 44.3 Å². The third kappa shape index (κ3) is 1.53. The average Bonchev–Trinajstić information content (AvgIpc) is 2.66. The van der Waals surface area contributed by atoms with Gasteiger partial charge in [-0.25, -0.2) is 0 Å². The van der Waals surface area contributed by atoms with Gasteiger partial charge in [0.25, 0.3) is 0 Å². The summed E-state index contributed by atoms with van der Waals surface area (Å²) in [6, 6.07) is 0. The van der Waals surface area contributed by atoms with Crippen LogP contribution in [0.2, 0.25) is 0 Å². The number of ether oxygens (including phenoxy) is 1. The molecule has 0 unspecified atom stereocenters. The Kier molecular flexibility index (Phi) is 2.34. The van der Waals surface area contributed by atoms with Crippen molar-refractivity contribution in [2.24, 2.45) is 11.8 Å². The van der Waals surface area contributed by atoms with Crippen LogP contribution in [0.15, 0.2) is 23.0 Å². The highest BCUT2D eigenvalue weighted by Crippen LogP contribution is 2.50. The minimum atomic E-state index is 0.924. The second-order valence-electron chi connectivity index (χ2n) is 5.24. The number of fused-ring (bicyclic) bond motifs is 2. The lowest BCUT2D eigenvalue weighted by atomic mass is 9.78. The van der Waals surface area contributed by atoms with Crippen molar-refractivity contribution in [2.75, 3.05) is 7.11 Å². The summed E-state index contributed by atoms with van der Waals surface area (Å²) in [7, 11) is 1.81. The summed E-state index contributed by atoms with van der Waals surface area (Å²) < 4.78 is 5.41. The average molecular weight is 204 g/mol.